The van der Waals surface area contributed by atoms with Crippen LogP contribution in [0.4, 0.5) is 11.4 Å². The molecule has 2 aromatic rings. The maximum Gasteiger partial charge on any atom is 0.264 e. The first-order valence-corrected chi connectivity index (χ1v) is 9.91. The van der Waals surface area contributed by atoms with E-state index < -0.39 is 10.0 Å². The number of benzene rings is 2. The topological polar surface area (TPSA) is 57.7 Å². The molecule has 1 aliphatic heterocycles. The number of para-hydroxylation sites is 1. The molecule has 1 heterocycles. The Hall–Kier alpha value is -2.60. The van der Waals surface area contributed by atoms with E-state index in [2.05, 4.69) is 6.58 Å². The van der Waals surface area contributed by atoms with Crippen molar-refractivity contribution in [1.29, 1.82) is 0 Å². The van der Waals surface area contributed by atoms with Crippen molar-refractivity contribution in [2.75, 3.05) is 15.7 Å². The third-order valence-electron chi connectivity index (χ3n) is 4.53. The Morgan fingerprint density at radius 3 is 2.58 bits per heavy atom. The Morgan fingerprint density at radius 2 is 1.96 bits per heavy atom. The van der Waals surface area contributed by atoms with Crippen LogP contribution in [0.2, 0.25) is 0 Å². The van der Waals surface area contributed by atoms with Crippen molar-refractivity contribution in [3.63, 3.8) is 0 Å². The van der Waals surface area contributed by atoms with Crippen molar-refractivity contribution in [3.8, 4) is 0 Å². The van der Waals surface area contributed by atoms with E-state index >= 15 is 0 Å². The molecule has 0 saturated carbocycles. The van der Waals surface area contributed by atoms with E-state index in [-0.39, 0.29) is 23.4 Å². The molecular weight excluding hydrogens is 348 g/mol. The minimum Gasteiger partial charge on any atom is -0.309 e. The summed E-state index contributed by atoms with van der Waals surface area (Å²) in [4.78, 5) is 13.8. The maximum atomic E-state index is 13.2. The van der Waals surface area contributed by atoms with Crippen LogP contribution in [0.1, 0.15) is 19.4 Å². The quantitative estimate of drug-likeness (QED) is 0.758. The summed E-state index contributed by atoms with van der Waals surface area (Å²) in [7, 11) is -3.73. The van der Waals surface area contributed by atoms with Gasteiger partial charge in [-0.25, -0.2) is 8.42 Å². The molecule has 136 valence electrons. The molecule has 1 amide bonds. The van der Waals surface area contributed by atoms with Gasteiger partial charge in [0.05, 0.1) is 17.1 Å². The minimum absolute atomic E-state index is 0.0267. The fourth-order valence-corrected chi connectivity index (χ4v) is 4.92. The highest BCUT2D eigenvalue weighted by molar-refractivity contribution is 7.92. The van der Waals surface area contributed by atoms with Gasteiger partial charge in [-0.3, -0.25) is 9.10 Å². The van der Waals surface area contributed by atoms with Gasteiger partial charge in [-0.1, -0.05) is 24.3 Å². The molecular formula is C20H22N2O3S. The summed E-state index contributed by atoms with van der Waals surface area (Å²) in [6.45, 7) is 7.35. The molecule has 26 heavy (non-hydrogen) atoms. The van der Waals surface area contributed by atoms with E-state index in [4.69, 9.17) is 0 Å². The Morgan fingerprint density at radius 1 is 1.27 bits per heavy atom. The van der Waals surface area contributed by atoms with Gasteiger partial charge in [0.15, 0.2) is 0 Å². The summed E-state index contributed by atoms with van der Waals surface area (Å²) >= 11 is 0. The zero-order valence-electron chi connectivity index (χ0n) is 14.9. The SMILES string of the molecule is C=CCN(c1ccccc1)S(=O)(=O)c1ccc2c(c1)C[C@H](C)N2C(C)=O. The molecule has 0 saturated heterocycles. The zero-order chi connectivity index (χ0) is 18.9. The van der Waals surface area contributed by atoms with E-state index in [1.165, 1.54) is 11.2 Å². The predicted octanol–water partition coefficient (Wildman–Crippen LogP) is 3.37. The highest BCUT2D eigenvalue weighted by Crippen LogP contribution is 2.35. The number of amides is 1. The van der Waals surface area contributed by atoms with Crippen molar-refractivity contribution >= 4 is 27.3 Å². The van der Waals surface area contributed by atoms with Crippen LogP contribution in [-0.2, 0) is 21.2 Å². The van der Waals surface area contributed by atoms with Crippen molar-refractivity contribution in [2.24, 2.45) is 0 Å². The summed E-state index contributed by atoms with van der Waals surface area (Å²) < 4.78 is 27.8. The molecule has 0 radical (unpaired) electrons. The van der Waals surface area contributed by atoms with Crippen LogP contribution in [0.25, 0.3) is 0 Å². The average molecular weight is 370 g/mol. The second-order valence-electron chi connectivity index (χ2n) is 6.39. The average Bonchev–Trinajstić information content (AvgIpc) is 2.95. The maximum absolute atomic E-state index is 13.2. The van der Waals surface area contributed by atoms with Gasteiger partial charge in [-0.2, -0.15) is 0 Å². The lowest BCUT2D eigenvalue weighted by Crippen LogP contribution is -2.33. The fraction of sp³-hybridized carbons (Fsp3) is 0.250. The van der Waals surface area contributed by atoms with E-state index in [0.717, 1.165) is 11.3 Å². The molecule has 0 fully saturated rings. The Labute approximate surface area is 154 Å². The molecule has 2 aromatic carbocycles. The Balaban J connectivity index is 2.04. The number of fused-ring (bicyclic) bond motifs is 1. The van der Waals surface area contributed by atoms with Crippen LogP contribution < -0.4 is 9.21 Å². The van der Waals surface area contributed by atoms with Crippen LogP contribution in [-0.4, -0.2) is 26.9 Å². The molecule has 1 aliphatic rings. The summed E-state index contributed by atoms with van der Waals surface area (Å²) in [5.41, 5.74) is 2.26. The fourth-order valence-electron chi connectivity index (χ4n) is 3.43. The van der Waals surface area contributed by atoms with Crippen molar-refractivity contribution in [3.05, 3.63) is 66.7 Å². The number of nitrogens with zero attached hydrogens (tertiary/aromatic N) is 2. The largest absolute Gasteiger partial charge is 0.309 e. The molecule has 0 N–H and O–H groups in total. The van der Waals surface area contributed by atoms with Gasteiger partial charge in [-0.05, 0) is 49.2 Å². The first-order valence-electron chi connectivity index (χ1n) is 8.47. The molecule has 0 aromatic heterocycles. The predicted molar refractivity (Wildman–Crippen MR) is 104 cm³/mol. The normalized spacial score (nSPS) is 16.2. The van der Waals surface area contributed by atoms with Gasteiger partial charge in [0, 0.05) is 18.7 Å². The van der Waals surface area contributed by atoms with E-state index in [9.17, 15) is 13.2 Å². The number of rotatable bonds is 5. The van der Waals surface area contributed by atoms with E-state index in [0.29, 0.717) is 12.1 Å². The van der Waals surface area contributed by atoms with Crippen LogP contribution in [0.3, 0.4) is 0 Å². The van der Waals surface area contributed by atoms with Gasteiger partial charge in [0.2, 0.25) is 5.91 Å². The van der Waals surface area contributed by atoms with Gasteiger partial charge in [0.1, 0.15) is 0 Å². The Kier molecular flexibility index (Phi) is 4.87. The monoisotopic (exact) mass is 370 g/mol. The number of sulfonamides is 1. The second-order valence-corrected chi connectivity index (χ2v) is 8.26. The van der Waals surface area contributed by atoms with Crippen molar-refractivity contribution < 1.29 is 13.2 Å². The first-order chi connectivity index (χ1) is 12.4. The zero-order valence-corrected chi connectivity index (χ0v) is 15.7. The van der Waals surface area contributed by atoms with Crippen LogP contribution in [0.15, 0.2) is 66.1 Å². The van der Waals surface area contributed by atoms with Gasteiger partial charge in [0.25, 0.3) is 10.0 Å². The summed E-state index contributed by atoms with van der Waals surface area (Å²) in [5.74, 6) is -0.0376. The second kappa shape index (κ2) is 6.96. The minimum atomic E-state index is -3.73. The van der Waals surface area contributed by atoms with Crippen LogP contribution >= 0.6 is 0 Å². The molecule has 6 heteroatoms. The van der Waals surface area contributed by atoms with Gasteiger partial charge < -0.3 is 4.90 Å². The van der Waals surface area contributed by atoms with Crippen LogP contribution in [0.5, 0.6) is 0 Å². The number of hydrogen-bond acceptors (Lipinski definition) is 3. The third kappa shape index (κ3) is 3.12. The Bertz CT molecular complexity index is 939. The third-order valence-corrected chi connectivity index (χ3v) is 6.32. The van der Waals surface area contributed by atoms with Crippen molar-refractivity contribution in [1.82, 2.24) is 0 Å². The molecule has 0 spiro atoms. The first kappa shape index (κ1) is 18.2. The molecule has 0 bridgehead atoms. The van der Waals surface area contributed by atoms with Gasteiger partial charge in [-0.15, -0.1) is 6.58 Å². The molecule has 0 aliphatic carbocycles. The number of carbonyl (C=O) groups excluding carboxylic acids is 1. The number of carbonyl (C=O) groups is 1. The lowest BCUT2D eigenvalue weighted by molar-refractivity contribution is -0.116. The number of hydrogen-bond donors (Lipinski definition) is 0. The molecule has 1 atom stereocenters. The standard InChI is InChI=1S/C20H22N2O3S/c1-4-12-21(18-8-6-5-7-9-18)26(24,25)19-10-11-20-17(14-19)13-15(2)22(20)16(3)23/h4-11,14-15H,1,12-13H2,2-3H3/t15-/m0/s1. The summed E-state index contributed by atoms with van der Waals surface area (Å²) in [5, 5.41) is 0. The summed E-state index contributed by atoms with van der Waals surface area (Å²) in [6.07, 6.45) is 2.21. The van der Waals surface area contributed by atoms with Gasteiger partial charge >= 0.3 is 0 Å². The van der Waals surface area contributed by atoms with Crippen LogP contribution in [0, 0.1) is 0 Å². The van der Waals surface area contributed by atoms with E-state index in [1.54, 1.807) is 53.4 Å². The molecule has 5 nitrogen and oxygen atoms in total. The smallest absolute Gasteiger partial charge is 0.264 e. The molecule has 3 rings (SSSR count). The summed E-state index contributed by atoms with van der Waals surface area (Å²) in [6, 6.07) is 14.0. The lowest BCUT2D eigenvalue weighted by atomic mass is 10.1. The highest BCUT2D eigenvalue weighted by Gasteiger charge is 2.31. The van der Waals surface area contributed by atoms with E-state index in [1.807, 2.05) is 13.0 Å². The number of anilines is 2. The van der Waals surface area contributed by atoms with Crippen molar-refractivity contribution in [2.45, 2.75) is 31.2 Å². The molecule has 0 unspecified atom stereocenters. The lowest BCUT2D eigenvalue weighted by Gasteiger charge is -2.24. The highest BCUT2D eigenvalue weighted by atomic mass is 32.2.